The van der Waals surface area contributed by atoms with Crippen molar-refractivity contribution in [2.45, 2.75) is 13.0 Å². The van der Waals surface area contributed by atoms with Gasteiger partial charge in [0.25, 0.3) is 5.91 Å². The second-order valence-electron chi connectivity index (χ2n) is 10.1. The van der Waals surface area contributed by atoms with E-state index in [9.17, 15) is 14.4 Å². The first-order chi connectivity index (χ1) is 21.0. The van der Waals surface area contributed by atoms with Crippen molar-refractivity contribution in [3.05, 3.63) is 145 Å². The van der Waals surface area contributed by atoms with E-state index >= 15 is 0 Å². The van der Waals surface area contributed by atoms with Crippen molar-refractivity contribution >= 4 is 39.4 Å². The van der Waals surface area contributed by atoms with Gasteiger partial charge in [0.1, 0.15) is 17.5 Å². The average Bonchev–Trinajstić information content (AvgIpc) is 3.05. The summed E-state index contributed by atoms with van der Waals surface area (Å²) in [7, 11) is 0. The van der Waals surface area contributed by atoms with Gasteiger partial charge in [-0.15, -0.1) is 0 Å². The molecule has 6 aromatic rings. The number of esters is 2. The van der Waals surface area contributed by atoms with Crippen molar-refractivity contribution < 1.29 is 23.9 Å². The van der Waals surface area contributed by atoms with Gasteiger partial charge in [0.2, 0.25) is 0 Å². The number of rotatable bonds is 7. The first-order valence-corrected chi connectivity index (χ1v) is 13.9. The van der Waals surface area contributed by atoms with Crippen molar-refractivity contribution in [1.29, 1.82) is 0 Å². The highest BCUT2D eigenvalue weighted by Gasteiger charge is 2.25. The first kappa shape index (κ1) is 27.4. The number of hydrogen-bond acceptors (Lipinski definition) is 5. The molecule has 0 unspecified atom stereocenters. The highest BCUT2D eigenvalue weighted by atomic mass is 16.5. The Kier molecular flexibility index (Phi) is 7.66. The monoisotopic (exact) mass is 565 g/mol. The molecule has 1 amide bonds. The van der Waals surface area contributed by atoms with E-state index in [0.717, 1.165) is 21.5 Å². The highest BCUT2D eigenvalue weighted by molar-refractivity contribution is 6.11. The molecule has 0 radical (unpaired) electrons. The van der Waals surface area contributed by atoms with Crippen LogP contribution in [0.1, 0.15) is 27.6 Å². The Bertz CT molecular complexity index is 1970. The predicted octanol–water partition coefficient (Wildman–Crippen LogP) is 7.60. The van der Waals surface area contributed by atoms with E-state index in [2.05, 4.69) is 5.32 Å². The maximum Gasteiger partial charge on any atom is 0.343 e. The normalized spacial score (nSPS) is 11.6. The molecule has 0 aliphatic carbocycles. The summed E-state index contributed by atoms with van der Waals surface area (Å²) >= 11 is 0. The Balaban J connectivity index is 1.45. The summed E-state index contributed by atoms with van der Waals surface area (Å²) in [6, 6.07) is 39.3. The molecule has 0 spiro atoms. The Hall–Kier alpha value is -5.75. The van der Waals surface area contributed by atoms with Gasteiger partial charge in [-0.05, 0) is 64.9 Å². The molecule has 0 aromatic heterocycles. The van der Waals surface area contributed by atoms with Gasteiger partial charge >= 0.3 is 11.9 Å². The van der Waals surface area contributed by atoms with Crippen LogP contribution in [0.25, 0.3) is 32.7 Å². The van der Waals surface area contributed by atoms with E-state index in [1.807, 2.05) is 72.8 Å². The summed E-state index contributed by atoms with van der Waals surface area (Å²) in [5.74, 6) is -0.922. The fourth-order valence-electron chi connectivity index (χ4n) is 5.05. The predicted molar refractivity (Wildman–Crippen MR) is 167 cm³/mol. The third-order valence-electron chi connectivity index (χ3n) is 7.19. The molecule has 0 fully saturated rings. The van der Waals surface area contributed by atoms with Gasteiger partial charge in [-0.2, -0.15) is 0 Å². The molecule has 43 heavy (non-hydrogen) atoms. The van der Waals surface area contributed by atoms with Crippen LogP contribution in [0.15, 0.2) is 133 Å². The molecule has 0 saturated carbocycles. The Morgan fingerprint density at radius 3 is 1.56 bits per heavy atom. The maximum atomic E-state index is 13.4. The lowest BCUT2D eigenvalue weighted by Gasteiger charge is -2.20. The third kappa shape index (κ3) is 5.72. The third-order valence-corrected chi connectivity index (χ3v) is 7.19. The minimum Gasteiger partial charge on any atom is -0.424 e. The number of hydrogen-bond donors (Lipinski definition) is 1. The standard InChI is InChI=1S/C37H27NO5/c1-24(38-35(39)27-14-4-2-5-15-27)36(40)42-31-22-20-25-12-8-10-18-29(25)33(31)34-30-19-11-9-13-26(30)21-23-32(34)43-37(41)28-16-6-3-7-17-28/h2-24H,1H3,(H,38,39)/t24-/m1/s1. The lowest BCUT2D eigenvalue weighted by molar-refractivity contribution is -0.136. The first-order valence-electron chi connectivity index (χ1n) is 13.9. The topological polar surface area (TPSA) is 81.7 Å². The van der Waals surface area contributed by atoms with Gasteiger partial charge in [-0.3, -0.25) is 4.79 Å². The smallest absolute Gasteiger partial charge is 0.343 e. The van der Waals surface area contributed by atoms with Gasteiger partial charge in [0, 0.05) is 16.7 Å². The second-order valence-corrected chi connectivity index (χ2v) is 10.1. The number of nitrogens with one attached hydrogen (secondary N) is 1. The van der Waals surface area contributed by atoms with E-state index < -0.39 is 18.0 Å². The molecule has 1 atom stereocenters. The molecule has 0 bridgehead atoms. The molecule has 6 nitrogen and oxygen atoms in total. The zero-order valence-electron chi connectivity index (χ0n) is 23.3. The van der Waals surface area contributed by atoms with Crippen molar-refractivity contribution in [2.75, 3.05) is 0 Å². The minimum atomic E-state index is -0.935. The van der Waals surface area contributed by atoms with Gasteiger partial charge in [-0.1, -0.05) is 97.1 Å². The molecule has 0 heterocycles. The van der Waals surface area contributed by atoms with E-state index in [-0.39, 0.29) is 11.7 Å². The molecule has 1 N–H and O–H groups in total. The SMILES string of the molecule is C[C@@H](NC(=O)c1ccccc1)C(=O)Oc1ccc2ccccc2c1-c1c(OC(=O)c2ccccc2)ccc2ccccc12. The zero-order chi connectivity index (χ0) is 29.8. The van der Waals surface area contributed by atoms with Crippen LogP contribution in [0, 0.1) is 0 Å². The molecular weight excluding hydrogens is 538 g/mol. The Morgan fingerprint density at radius 1 is 0.535 bits per heavy atom. The maximum absolute atomic E-state index is 13.4. The Labute approximate surface area is 248 Å². The van der Waals surface area contributed by atoms with Crippen molar-refractivity contribution in [3.8, 4) is 22.6 Å². The van der Waals surface area contributed by atoms with Gasteiger partial charge < -0.3 is 14.8 Å². The molecule has 6 rings (SSSR count). The fraction of sp³-hybridized carbons (Fsp3) is 0.0541. The molecule has 6 heteroatoms. The number of benzene rings is 6. The minimum absolute atomic E-state index is 0.276. The van der Waals surface area contributed by atoms with Crippen LogP contribution in [0.5, 0.6) is 11.5 Å². The quantitative estimate of drug-likeness (QED) is 0.159. The van der Waals surface area contributed by atoms with Crippen LogP contribution in [-0.2, 0) is 4.79 Å². The van der Waals surface area contributed by atoms with Crippen molar-refractivity contribution in [3.63, 3.8) is 0 Å². The summed E-state index contributed by atoms with van der Waals surface area (Å²) in [4.78, 5) is 39.3. The van der Waals surface area contributed by atoms with E-state index in [4.69, 9.17) is 9.47 Å². The van der Waals surface area contributed by atoms with Crippen LogP contribution in [0.3, 0.4) is 0 Å². The summed E-state index contributed by atoms with van der Waals surface area (Å²) in [6.07, 6.45) is 0. The number of fused-ring (bicyclic) bond motifs is 2. The number of carbonyl (C=O) groups is 3. The summed E-state index contributed by atoms with van der Waals surface area (Å²) in [5, 5.41) is 6.18. The molecule has 6 aromatic carbocycles. The van der Waals surface area contributed by atoms with E-state index in [1.165, 1.54) is 0 Å². The molecule has 0 aliphatic heterocycles. The van der Waals surface area contributed by atoms with Crippen molar-refractivity contribution in [2.24, 2.45) is 0 Å². The summed E-state index contributed by atoms with van der Waals surface area (Å²) in [5.41, 5.74) is 2.06. The molecule has 210 valence electrons. The van der Waals surface area contributed by atoms with Crippen LogP contribution in [-0.4, -0.2) is 23.9 Å². The van der Waals surface area contributed by atoms with E-state index in [0.29, 0.717) is 28.0 Å². The lowest BCUT2D eigenvalue weighted by Crippen LogP contribution is -2.40. The van der Waals surface area contributed by atoms with E-state index in [1.54, 1.807) is 67.6 Å². The average molecular weight is 566 g/mol. The number of amides is 1. The number of ether oxygens (including phenoxy) is 2. The van der Waals surface area contributed by atoms with Crippen LogP contribution >= 0.6 is 0 Å². The fourth-order valence-corrected chi connectivity index (χ4v) is 5.05. The van der Waals surface area contributed by atoms with Crippen LogP contribution < -0.4 is 14.8 Å². The van der Waals surface area contributed by atoms with Gasteiger partial charge in [-0.25, -0.2) is 9.59 Å². The molecular formula is C37H27NO5. The molecule has 0 saturated heterocycles. The zero-order valence-corrected chi connectivity index (χ0v) is 23.3. The van der Waals surface area contributed by atoms with Gasteiger partial charge in [0.15, 0.2) is 0 Å². The van der Waals surface area contributed by atoms with Crippen LogP contribution in [0.4, 0.5) is 0 Å². The molecule has 0 aliphatic rings. The highest BCUT2D eigenvalue weighted by Crippen LogP contribution is 2.45. The van der Waals surface area contributed by atoms with Gasteiger partial charge in [0.05, 0.1) is 5.56 Å². The summed E-state index contributed by atoms with van der Waals surface area (Å²) in [6.45, 7) is 1.58. The second kappa shape index (κ2) is 12.0. The van der Waals surface area contributed by atoms with Crippen LogP contribution in [0.2, 0.25) is 0 Å². The largest absolute Gasteiger partial charge is 0.424 e. The Morgan fingerprint density at radius 2 is 1.00 bits per heavy atom. The number of carbonyl (C=O) groups excluding carboxylic acids is 3. The van der Waals surface area contributed by atoms with Crippen molar-refractivity contribution in [1.82, 2.24) is 5.32 Å². The lowest BCUT2D eigenvalue weighted by atomic mass is 9.92. The summed E-state index contributed by atoms with van der Waals surface area (Å²) < 4.78 is 12.0.